The molecule has 1 saturated carbocycles. The van der Waals surface area contributed by atoms with Crippen LogP contribution in [0.15, 0.2) is 97.3 Å². The molecule has 0 aliphatic heterocycles. The standard InChI is InChI=1S/C20H18NSSi.C14H12N.Ir/c1-23(2,3)18-12-7-9-15-14-8-6-10-16(19(14)22-20(15)18)17-11-4-5-13-21-17;1-2-4-12(5-3-1)14-10-13(8-9-15-14)11-6-7-11;/h4-9,11-13H,1-3H3;1-4,8-11H,6-7H2;/q2*-1;. The predicted molar refractivity (Wildman–Crippen MR) is 165 cm³/mol. The molecule has 1 aliphatic carbocycles. The predicted octanol–water partition coefficient (Wildman–Crippen LogP) is 8.89. The summed E-state index contributed by atoms with van der Waals surface area (Å²) in [6.45, 7) is 7.24. The molecule has 3 heterocycles. The summed E-state index contributed by atoms with van der Waals surface area (Å²) in [5, 5.41) is 4.24. The van der Waals surface area contributed by atoms with Crippen molar-refractivity contribution in [3.05, 3.63) is 115 Å². The van der Waals surface area contributed by atoms with Gasteiger partial charge in [-0.2, -0.15) is 11.3 Å². The summed E-state index contributed by atoms with van der Waals surface area (Å²) < 4.78 is 2.74. The minimum atomic E-state index is -1.37. The van der Waals surface area contributed by atoms with E-state index in [9.17, 15) is 0 Å². The van der Waals surface area contributed by atoms with Crippen molar-refractivity contribution >= 4 is 44.8 Å². The topological polar surface area (TPSA) is 25.8 Å². The Balaban J connectivity index is 0.000000167. The summed E-state index contributed by atoms with van der Waals surface area (Å²) in [7, 11) is -1.37. The fraction of sp³-hybridized carbons (Fsp3) is 0.176. The van der Waals surface area contributed by atoms with Gasteiger partial charge in [0.25, 0.3) is 0 Å². The Kier molecular flexibility index (Phi) is 8.25. The molecule has 0 amide bonds. The number of pyridine rings is 2. The molecular formula is C34H30IrN2SSi-2. The van der Waals surface area contributed by atoms with Crippen LogP contribution in [0, 0.1) is 12.1 Å². The largest absolute Gasteiger partial charge is 0.305 e. The second-order valence-electron chi connectivity index (χ2n) is 10.9. The average Bonchev–Trinajstić information content (AvgIpc) is 3.74. The Morgan fingerprint density at radius 1 is 0.744 bits per heavy atom. The van der Waals surface area contributed by atoms with Gasteiger partial charge in [0, 0.05) is 37.2 Å². The molecule has 39 heavy (non-hydrogen) atoms. The van der Waals surface area contributed by atoms with Crippen LogP contribution in [0.4, 0.5) is 0 Å². The van der Waals surface area contributed by atoms with E-state index in [1.165, 1.54) is 38.6 Å². The monoisotopic (exact) mass is 719 g/mol. The molecule has 0 N–H and O–H groups in total. The molecule has 0 saturated heterocycles. The normalized spacial score (nSPS) is 13.0. The Labute approximate surface area is 249 Å². The Morgan fingerprint density at radius 2 is 1.54 bits per heavy atom. The summed E-state index contributed by atoms with van der Waals surface area (Å²) in [4.78, 5) is 8.91. The Bertz CT molecular complexity index is 1700. The van der Waals surface area contributed by atoms with Crippen LogP contribution in [-0.2, 0) is 20.1 Å². The molecule has 0 atom stereocenters. The van der Waals surface area contributed by atoms with Crippen LogP contribution < -0.4 is 5.19 Å². The Hall–Kier alpha value is -2.95. The molecule has 0 unspecified atom stereocenters. The number of aromatic nitrogens is 2. The van der Waals surface area contributed by atoms with Gasteiger partial charge in [0.05, 0.1) is 8.07 Å². The van der Waals surface area contributed by atoms with Crippen molar-refractivity contribution in [2.45, 2.75) is 38.4 Å². The molecule has 3 aromatic heterocycles. The minimum Gasteiger partial charge on any atom is -0.305 e. The molecule has 197 valence electrons. The van der Waals surface area contributed by atoms with Gasteiger partial charge in [-0.1, -0.05) is 67.0 Å². The van der Waals surface area contributed by atoms with E-state index in [4.69, 9.17) is 0 Å². The van der Waals surface area contributed by atoms with Gasteiger partial charge in [-0.05, 0) is 57.6 Å². The number of nitrogens with zero attached hydrogens (tertiary/aromatic N) is 2. The minimum absolute atomic E-state index is 0. The van der Waals surface area contributed by atoms with E-state index in [1.54, 1.807) is 5.19 Å². The summed E-state index contributed by atoms with van der Waals surface area (Å²) in [6.07, 6.45) is 6.43. The first-order valence-corrected chi connectivity index (χ1v) is 17.5. The first-order chi connectivity index (χ1) is 18.5. The molecule has 1 aliphatic rings. The van der Waals surface area contributed by atoms with Crippen molar-refractivity contribution in [3.63, 3.8) is 0 Å². The third-order valence-corrected chi connectivity index (χ3v) is 10.5. The molecule has 0 spiro atoms. The van der Waals surface area contributed by atoms with Gasteiger partial charge in [0.15, 0.2) is 0 Å². The van der Waals surface area contributed by atoms with E-state index in [2.05, 4.69) is 90.3 Å². The van der Waals surface area contributed by atoms with Gasteiger partial charge in [-0.3, -0.25) is 0 Å². The van der Waals surface area contributed by atoms with E-state index in [-0.39, 0.29) is 20.1 Å². The van der Waals surface area contributed by atoms with Gasteiger partial charge < -0.3 is 9.97 Å². The first-order valence-electron chi connectivity index (χ1n) is 13.2. The third kappa shape index (κ3) is 5.97. The smallest absolute Gasteiger partial charge is 0.0794 e. The van der Waals surface area contributed by atoms with Crippen molar-refractivity contribution in [3.8, 4) is 22.5 Å². The molecule has 6 aromatic rings. The van der Waals surface area contributed by atoms with Crippen molar-refractivity contribution in [1.29, 1.82) is 0 Å². The van der Waals surface area contributed by atoms with Gasteiger partial charge >= 0.3 is 0 Å². The fourth-order valence-electron chi connectivity index (χ4n) is 4.87. The first kappa shape index (κ1) is 27.6. The zero-order chi connectivity index (χ0) is 26.1. The zero-order valence-electron chi connectivity index (χ0n) is 22.4. The number of fused-ring (bicyclic) bond motifs is 3. The third-order valence-electron chi connectivity index (χ3n) is 7.01. The second kappa shape index (κ2) is 11.7. The molecule has 7 rings (SSSR count). The van der Waals surface area contributed by atoms with Crippen LogP contribution in [0.5, 0.6) is 0 Å². The van der Waals surface area contributed by atoms with Crippen molar-refractivity contribution in [1.82, 2.24) is 9.97 Å². The van der Waals surface area contributed by atoms with Crippen molar-refractivity contribution in [2.24, 2.45) is 0 Å². The maximum atomic E-state index is 4.52. The molecule has 1 radical (unpaired) electrons. The van der Waals surface area contributed by atoms with E-state index in [1.807, 2.05) is 60.1 Å². The molecular weight excluding hydrogens is 689 g/mol. The maximum Gasteiger partial charge on any atom is 0.0794 e. The van der Waals surface area contributed by atoms with E-state index < -0.39 is 8.07 Å². The van der Waals surface area contributed by atoms with Crippen LogP contribution in [0.25, 0.3) is 42.7 Å². The summed E-state index contributed by atoms with van der Waals surface area (Å²) in [5.41, 5.74) is 5.67. The van der Waals surface area contributed by atoms with Gasteiger partial charge in [-0.15, -0.1) is 59.7 Å². The molecule has 2 nitrogen and oxygen atoms in total. The van der Waals surface area contributed by atoms with E-state index in [0.717, 1.165) is 28.4 Å². The molecule has 5 heteroatoms. The van der Waals surface area contributed by atoms with Crippen LogP contribution in [-0.4, -0.2) is 18.0 Å². The van der Waals surface area contributed by atoms with Crippen molar-refractivity contribution < 1.29 is 20.1 Å². The molecule has 1 fully saturated rings. The number of rotatable bonds is 4. The molecule has 0 bridgehead atoms. The Morgan fingerprint density at radius 3 is 2.26 bits per heavy atom. The number of thiophene rings is 1. The SMILES string of the molecule is C[Si](C)(C)c1cccc2c1sc1c(-c3ccccn3)[c-]ccc12.[Ir].[c-]1ccccc1-c1cc(C2CC2)ccn1. The van der Waals surface area contributed by atoms with Crippen molar-refractivity contribution in [2.75, 3.05) is 0 Å². The molecule has 3 aromatic carbocycles. The second-order valence-corrected chi connectivity index (χ2v) is 16.9. The van der Waals surface area contributed by atoms with E-state index >= 15 is 0 Å². The maximum absolute atomic E-state index is 4.52. The number of hydrogen-bond donors (Lipinski definition) is 0. The van der Waals surface area contributed by atoms with Crippen LogP contribution in [0.2, 0.25) is 19.6 Å². The average molecular weight is 719 g/mol. The summed E-state index contributed by atoms with van der Waals surface area (Å²) in [5.74, 6) is 0.787. The van der Waals surface area contributed by atoms with Crippen LogP contribution >= 0.6 is 11.3 Å². The quantitative estimate of drug-likeness (QED) is 0.135. The van der Waals surface area contributed by atoms with Gasteiger partial charge in [0.2, 0.25) is 0 Å². The van der Waals surface area contributed by atoms with Crippen LogP contribution in [0.1, 0.15) is 24.3 Å². The summed E-state index contributed by atoms with van der Waals surface area (Å²) >= 11 is 1.90. The summed E-state index contributed by atoms with van der Waals surface area (Å²) in [6, 6.07) is 36.0. The number of benzene rings is 3. The van der Waals surface area contributed by atoms with E-state index in [0.29, 0.717) is 0 Å². The van der Waals surface area contributed by atoms with Gasteiger partial charge in [0.1, 0.15) is 0 Å². The van der Waals surface area contributed by atoms with Crippen LogP contribution in [0.3, 0.4) is 0 Å². The zero-order valence-corrected chi connectivity index (χ0v) is 26.6. The number of hydrogen-bond acceptors (Lipinski definition) is 3. The van der Waals surface area contributed by atoms with Gasteiger partial charge in [-0.25, -0.2) is 0 Å². The fourth-order valence-corrected chi connectivity index (χ4v) is 8.58.